The minimum absolute atomic E-state index is 0.586. The average Bonchev–Trinajstić information content (AvgIpc) is 3.55. The lowest BCUT2D eigenvalue weighted by atomic mass is 9.80. The van der Waals surface area contributed by atoms with Gasteiger partial charge in [0.1, 0.15) is 0 Å². The molecule has 0 unspecified atom stereocenters. The summed E-state index contributed by atoms with van der Waals surface area (Å²) in [6, 6.07) is -19.2. The SMILES string of the molecule is [2H]c1c([2H])c2c(c([2H])c1-c1c3c([2H])c([2H])c([2H])c([2H])c3c([2H])c3c1c([2H])c([2H])c1c([2H])c([2H])c([2H])c([2H])c13)C(C([2H])([2H])[2H])(C([2H])([2H])[2H])c1c([2H])c([2H])c3c([2H])c([2H])c([2H])c([2H])c3c1-2. The molecule has 0 heterocycles. The maximum absolute atomic E-state index is 9.92. The highest BCUT2D eigenvalue weighted by molar-refractivity contribution is 6.20. The fourth-order valence-corrected chi connectivity index (χ4v) is 4.88. The van der Waals surface area contributed by atoms with Crippen molar-refractivity contribution in [1.29, 1.82) is 0 Å². The van der Waals surface area contributed by atoms with E-state index in [1.165, 1.54) is 0 Å². The Bertz CT molecular complexity index is 3340. The molecule has 7 aromatic rings. The molecule has 0 amide bonds. The highest BCUT2D eigenvalue weighted by Crippen LogP contribution is 2.52. The minimum Gasteiger partial charge on any atom is -0.0616 e. The molecule has 0 aliphatic heterocycles. The van der Waals surface area contributed by atoms with Crippen LogP contribution >= 0.6 is 0 Å². The second kappa shape index (κ2) is 7.31. The van der Waals surface area contributed by atoms with Crippen molar-refractivity contribution in [2.75, 3.05) is 0 Å². The van der Waals surface area contributed by atoms with Crippen molar-refractivity contribution in [3.63, 3.8) is 0 Å². The third-order valence-corrected chi connectivity index (χ3v) is 6.50. The largest absolute Gasteiger partial charge is 0.0636 e. The van der Waals surface area contributed by atoms with Crippen LogP contribution in [0.3, 0.4) is 0 Å². The Morgan fingerprint density at radius 2 is 1.14 bits per heavy atom. The van der Waals surface area contributed by atoms with Crippen molar-refractivity contribution < 1.29 is 35.6 Å². The predicted octanol–water partition coefficient (Wildman–Crippen LogP) is 10.3. The van der Waals surface area contributed by atoms with Crippen molar-refractivity contribution in [2.24, 2.45) is 0 Å². The van der Waals surface area contributed by atoms with Crippen LogP contribution in [0.5, 0.6) is 0 Å². The summed E-state index contributed by atoms with van der Waals surface area (Å²) in [6.45, 7) is -7.79. The minimum atomic E-state index is -3.89. The smallest absolute Gasteiger partial charge is 0.0616 e. The Hall–Kier alpha value is -4.42. The van der Waals surface area contributed by atoms with Crippen LogP contribution in [0.2, 0.25) is 0 Å². The molecule has 0 N–H and O–H groups in total. The van der Waals surface area contributed by atoms with Gasteiger partial charge in [0.25, 0.3) is 0 Å². The predicted molar refractivity (Wildman–Crippen MR) is 159 cm³/mol. The van der Waals surface area contributed by atoms with Crippen molar-refractivity contribution in [3.8, 4) is 22.3 Å². The number of hydrogen-bond donors (Lipinski definition) is 0. The molecule has 0 saturated heterocycles. The molecular weight excluding hydrogens is 444 g/mol. The molecule has 0 aromatic heterocycles. The van der Waals surface area contributed by atoms with E-state index in [9.17, 15) is 6.85 Å². The number of hydrogen-bond acceptors (Lipinski definition) is 0. The van der Waals surface area contributed by atoms with Crippen LogP contribution in [0.4, 0.5) is 0 Å². The zero-order valence-corrected chi connectivity index (χ0v) is 18.5. The van der Waals surface area contributed by atoms with Crippen molar-refractivity contribution >= 4 is 43.1 Å². The molecule has 8 rings (SSSR count). The Labute approximate surface area is 253 Å². The summed E-state index contributed by atoms with van der Waals surface area (Å²) in [5, 5.41) is -5.31. The van der Waals surface area contributed by atoms with Gasteiger partial charge in [-0.1, -0.05) is 122 Å². The number of rotatable bonds is 1. The Morgan fingerprint density at radius 3 is 1.92 bits per heavy atom. The second-order valence-corrected chi connectivity index (χ2v) is 8.50. The number of benzene rings is 7. The van der Waals surface area contributed by atoms with Gasteiger partial charge in [0.2, 0.25) is 0 Å². The van der Waals surface area contributed by atoms with Crippen LogP contribution in [-0.4, -0.2) is 0 Å². The molecule has 0 heteroatoms. The molecule has 7 aromatic carbocycles. The third-order valence-electron chi connectivity index (χ3n) is 6.50. The highest BCUT2D eigenvalue weighted by Gasteiger charge is 2.36. The van der Waals surface area contributed by atoms with E-state index in [2.05, 4.69) is 0 Å². The Balaban J connectivity index is 1.78. The van der Waals surface area contributed by atoms with E-state index in [1.54, 1.807) is 0 Å². The molecular formula is C37H26. The van der Waals surface area contributed by atoms with Gasteiger partial charge in [-0.3, -0.25) is 0 Å². The summed E-state index contributed by atoms with van der Waals surface area (Å²) in [6.07, 6.45) is 0. The van der Waals surface area contributed by atoms with Gasteiger partial charge in [-0.15, -0.1) is 0 Å². The fraction of sp³-hybridized carbons (Fsp3) is 0.0811. The summed E-state index contributed by atoms with van der Waals surface area (Å²) in [5.41, 5.74) is -9.18. The summed E-state index contributed by atoms with van der Waals surface area (Å²) < 4.78 is 232. The van der Waals surface area contributed by atoms with E-state index in [4.69, 9.17) is 28.8 Å². The molecule has 0 nitrogen and oxygen atoms in total. The summed E-state index contributed by atoms with van der Waals surface area (Å²) in [5.74, 6) is 0. The topological polar surface area (TPSA) is 0 Å². The van der Waals surface area contributed by atoms with Gasteiger partial charge < -0.3 is 0 Å². The standard InChI is InChI=1S/C37H26/c1-37(2)33-20-17-24-10-4-7-13-28(24)36(33)31-19-16-26(22-34(31)37)35-29-14-8-5-11-25(29)21-32-27-12-6-3-9-23(27)15-18-30(32)35/h3-22H,1-2H3/i1D3,2D3,3D,4D,5D,6D,7D,8D,9D,10D,11D,12D,13D,14D,15D,16D,17D,18D,19D,20D,21D,22D. The maximum Gasteiger partial charge on any atom is 0.0636 e. The summed E-state index contributed by atoms with van der Waals surface area (Å²) in [7, 11) is 0. The number of fused-ring (bicyclic) bond motifs is 9. The van der Waals surface area contributed by atoms with Crippen molar-refractivity contribution in [2.45, 2.75) is 19.1 Å². The Morgan fingerprint density at radius 1 is 0.486 bits per heavy atom. The van der Waals surface area contributed by atoms with E-state index >= 15 is 0 Å². The quantitative estimate of drug-likeness (QED) is 0.157. The first-order valence-corrected chi connectivity index (χ1v) is 11.0. The summed E-state index contributed by atoms with van der Waals surface area (Å²) >= 11 is 0. The average molecular weight is 497 g/mol. The highest BCUT2D eigenvalue weighted by atomic mass is 14.4. The first-order valence-electron chi connectivity index (χ1n) is 24.0. The van der Waals surface area contributed by atoms with E-state index in [0.29, 0.717) is 0 Å². The van der Waals surface area contributed by atoms with Crippen molar-refractivity contribution in [1.82, 2.24) is 0 Å². The maximum atomic E-state index is 9.92. The van der Waals surface area contributed by atoms with Gasteiger partial charge in [-0.05, 0) is 88.6 Å². The van der Waals surface area contributed by atoms with E-state index < -0.39 is 216 Å². The monoisotopic (exact) mass is 496 g/mol. The molecule has 0 saturated carbocycles. The molecule has 0 bridgehead atoms. The van der Waals surface area contributed by atoms with Gasteiger partial charge in [-0.25, -0.2) is 0 Å². The molecule has 174 valence electrons. The van der Waals surface area contributed by atoms with E-state index in [-0.39, 0.29) is 0 Å². The van der Waals surface area contributed by atoms with Gasteiger partial charge in [0, 0.05) is 13.6 Å². The second-order valence-electron chi connectivity index (χ2n) is 8.50. The van der Waals surface area contributed by atoms with Gasteiger partial charge in [0.15, 0.2) is 0 Å². The van der Waals surface area contributed by atoms with Gasteiger partial charge in [-0.2, -0.15) is 0 Å². The fourth-order valence-electron chi connectivity index (χ4n) is 4.88. The zero-order chi connectivity index (χ0) is 47.1. The van der Waals surface area contributed by atoms with Gasteiger partial charge >= 0.3 is 0 Å². The van der Waals surface area contributed by atoms with Gasteiger partial charge in [0.05, 0.1) is 27.4 Å². The molecule has 1 aliphatic carbocycles. The van der Waals surface area contributed by atoms with Crippen LogP contribution in [-0.2, 0) is 5.41 Å². The Kier molecular flexibility index (Phi) is 1.49. The molecule has 0 radical (unpaired) electrons. The van der Waals surface area contributed by atoms with Crippen LogP contribution in [0.25, 0.3) is 65.3 Å². The summed E-state index contributed by atoms with van der Waals surface area (Å²) in [4.78, 5) is 0. The lowest BCUT2D eigenvalue weighted by molar-refractivity contribution is 0.661. The first-order chi connectivity index (χ1) is 29.0. The van der Waals surface area contributed by atoms with Crippen molar-refractivity contribution in [3.05, 3.63) is 132 Å². The molecule has 0 fully saturated rings. The molecule has 37 heavy (non-hydrogen) atoms. The van der Waals surface area contributed by atoms with Crippen LogP contribution in [0, 0.1) is 0 Å². The molecule has 0 atom stereocenters. The lowest BCUT2D eigenvalue weighted by Gasteiger charge is -2.22. The third kappa shape index (κ3) is 2.79. The first kappa shape index (κ1) is 7.55. The molecule has 1 aliphatic rings. The van der Waals surface area contributed by atoms with E-state index in [0.717, 1.165) is 0 Å². The normalized spacial score (nSPS) is 24.5. The zero-order valence-electron chi connectivity index (χ0n) is 44.5. The van der Waals surface area contributed by atoms with E-state index in [1.807, 2.05) is 0 Å². The van der Waals surface area contributed by atoms with Crippen LogP contribution in [0.1, 0.15) is 60.5 Å². The van der Waals surface area contributed by atoms with Crippen LogP contribution in [0.15, 0.2) is 121 Å². The lowest BCUT2D eigenvalue weighted by Crippen LogP contribution is -2.15. The molecule has 0 spiro atoms. The van der Waals surface area contributed by atoms with Crippen LogP contribution < -0.4 is 0 Å².